The maximum atomic E-state index is 13.3. The number of rotatable bonds is 8. The largest absolute Gasteiger partial charge is 0.489 e. The predicted octanol–water partition coefficient (Wildman–Crippen LogP) is 6.57. The lowest BCUT2D eigenvalue weighted by Crippen LogP contribution is -2.54. The lowest BCUT2D eigenvalue weighted by atomic mass is 10.1. The molecule has 1 aliphatic rings. The molecule has 3 aromatic rings. The molecule has 1 fully saturated rings. The number of barbiturate groups is 1. The van der Waals surface area contributed by atoms with Crippen molar-refractivity contribution in [3.8, 4) is 11.5 Å². The molecule has 10 heteroatoms. The number of anilines is 1. The van der Waals surface area contributed by atoms with E-state index in [1.54, 1.807) is 66.7 Å². The Kier molecular flexibility index (Phi) is 8.33. The van der Waals surface area contributed by atoms with Gasteiger partial charge < -0.3 is 9.47 Å². The van der Waals surface area contributed by atoms with Gasteiger partial charge in [-0.05, 0) is 60.7 Å². The van der Waals surface area contributed by atoms with Crippen molar-refractivity contribution >= 4 is 68.7 Å². The number of hydrogen-bond donors (Lipinski definition) is 1. The van der Waals surface area contributed by atoms with E-state index >= 15 is 0 Å². The van der Waals surface area contributed by atoms with Gasteiger partial charge in [0.15, 0.2) is 0 Å². The minimum absolute atomic E-state index is 0.197. The summed E-state index contributed by atoms with van der Waals surface area (Å²) in [6.45, 7) is 4.06. The van der Waals surface area contributed by atoms with Gasteiger partial charge in [0, 0.05) is 25.6 Å². The van der Waals surface area contributed by atoms with Crippen LogP contribution in [-0.4, -0.2) is 24.5 Å². The fourth-order valence-corrected chi connectivity index (χ4v) is 4.29. The molecule has 4 rings (SSSR count). The van der Waals surface area contributed by atoms with Crippen molar-refractivity contribution in [2.45, 2.75) is 6.61 Å². The third-order valence-corrected chi connectivity index (χ3v) is 6.31. The Morgan fingerprint density at radius 3 is 2.43 bits per heavy atom. The third kappa shape index (κ3) is 6.22. The van der Waals surface area contributed by atoms with Crippen LogP contribution in [0.1, 0.15) is 11.1 Å². The standard InChI is InChI=1S/C27H19BrCl2N2O5/c1-2-11-36-24-10-4-18(28)12-17(24)13-22-25(33)31-27(35)32(26(22)34)20-6-8-21(9-7-20)37-15-16-3-5-19(29)14-23(16)30/h2-10,12-14H,1,11,15H2,(H,31,33,35)/b22-13+. The van der Waals surface area contributed by atoms with E-state index in [-0.39, 0.29) is 24.5 Å². The van der Waals surface area contributed by atoms with E-state index in [4.69, 9.17) is 32.7 Å². The van der Waals surface area contributed by atoms with Crippen LogP contribution in [0, 0.1) is 0 Å². The molecule has 0 aromatic heterocycles. The first-order valence-electron chi connectivity index (χ1n) is 10.9. The number of urea groups is 1. The Labute approximate surface area is 231 Å². The summed E-state index contributed by atoms with van der Waals surface area (Å²) in [5.74, 6) is -0.641. The van der Waals surface area contributed by atoms with Crippen molar-refractivity contribution in [2.24, 2.45) is 0 Å². The minimum atomic E-state index is -0.855. The molecule has 188 valence electrons. The number of nitrogens with one attached hydrogen (secondary N) is 1. The predicted molar refractivity (Wildman–Crippen MR) is 146 cm³/mol. The van der Waals surface area contributed by atoms with Crippen LogP contribution in [0.5, 0.6) is 11.5 Å². The zero-order valence-electron chi connectivity index (χ0n) is 19.2. The first-order valence-corrected chi connectivity index (χ1v) is 12.4. The summed E-state index contributed by atoms with van der Waals surface area (Å²) >= 11 is 15.5. The normalized spacial score (nSPS) is 14.5. The SMILES string of the molecule is C=CCOc1ccc(Br)cc1/C=C1\C(=O)NC(=O)N(c2ccc(OCc3ccc(Cl)cc3Cl)cc2)C1=O. The van der Waals surface area contributed by atoms with E-state index in [2.05, 4.69) is 27.8 Å². The molecule has 0 saturated carbocycles. The van der Waals surface area contributed by atoms with E-state index in [9.17, 15) is 14.4 Å². The van der Waals surface area contributed by atoms with Crippen LogP contribution >= 0.6 is 39.1 Å². The monoisotopic (exact) mass is 600 g/mol. The zero-order chi connectivity index (χ0) is 26.5. The number of nitrogens with zero attached hydrogens (tertiary/aromatic N) is 1. The number of hydrogen-bond acceptors (Lipinski definition) is 5. The fourth-order valence-electron chi connectivity index (χ4n) is 3.45. The maximum absolute atomic E-state index is 13.3. The first-order chi connectivity index (χ1) is 17.8. The highest BCUT2D eigenvalue weighted by atomic mass is 79.9. The fraction of sp³-hybridized carbons (Fsp3) is 0.0741. The Hall–Kier alpha value is -3.59. The number of amides is 4. The zero-order valence-corrected chi connectivity index (χ0v) is 22.3. The van der Waals surface area contributed by atoms with Gasteiger partial charge in [0.05, 0.1) is 5.69 Å². The van der Waals surface area contributed by atoms with Crippen molar-refractivity contribution in [1.29, 1.82) is 0 Å². The van der Waals surface area contributed by atoms with Crippen LogP contribution in [0.3, 0.4) is 0 Å². The summed E-state index contributed by atoms with van der Waals surface area (Å²) in [4.78, 5) is 39.3. The van der Waals surface area contributed by atoms with Crippen LogP contribution in [0.15, 0.2) is 83.4 Å². The van der Waals surface area contributed by atoms with Gasteiger partial charge in [-0.3, -0.25) is 14.9 Å². The molecular weight excluding hydrogens is 583 g/mol. The quantitative estimate of drug-likeness (QED) is 0.179. The molecule has 0 bridgehead atoms. The van der Waals surface area contributed by atoms with Crippen molar-refractivity contribution in [1.82, 2.24) is 5.32 Å². The molecule has 3 aromatic carbocycles. The topological polar surface area (TPSA) is 84.9 Å². The number of halogens is 3. The molecular formula is C27H19BrCl2N2O5. The number of benzene rings is 3. The van der Waals surface area contributed by atoms with Gasteiger partial charge in [-0.1, -0.05) is 57.9 Å². The molecule has 0 atom stereocenters. The average molecular weight is 602 g/mol. The van der Waals surface area contributed by atoms with Crippen molar-refractivity contribution in [3.05, 3.63) is 105 Å². The molecule has 0 aliphatic carbocycles. The number of carbonyl (C=O) groups excluding carboxylic acids is 3. The molecule has 0 spiro atoms. The van der Waals surface area contributed by atoms with E-state index in [1.807, 2.05) is 0 Å². The molecule has 37 heavy (non-hydrogen) atoms. The van der Waals surface area contributed by atoms with Gasteiger partial charge in [-0.25, -0.2) is 9.69 Å². The minimum Gasteiger partial charge on any atom is -0.489 e. The Morgan fingerprint density at radius 1 is 0.973 bits per heavy atom. The smallest absolute Gasteiger partial charge is 0.335 e. The summed E-state index contributed by atoms with van der Waals surface area (Å²) in [5.41, 5.74) is 1.26. The van der Waals surface area contributed by atoms with Crippen molar-refractivity contribution in [2.75, 3.05) is 11.5 Å². The van der Waals surface area contributed by atoms with E-state index in [1.165, 1.54) is 6.08 Å². The number of carbonyl (C=O) groups is 3. The van der Waals surface area contributed by atoms with E-state index in [0.717, 1.165) is 14.9 Å². The highest BCUT2D eigenvalue weighted by molar-refractivity contribution is 9.10. The molecule has 4 amide bonds. The second kappa shape index (κ2) is 11.6. The third-order valence-electron chi connectivity index (χ3n) is 5.23. The summed E-state index contributed by atoms with van der Waals surface area (Å²) in [5, 5.41) is 3.21. The molecule has 7 nitrogen and oxygen atoms in total. The average Bonchev–Trinajstić information content (AvgIpc) is 2.86. The Morgan fingerprint density at radius 2 is 1.73 bits per heavy atom. The second-order valence-corrected chi connectivity index (χ2v) is 9.52. The van der Waals surface area contributed by atoms with Crippen LogP contribution in [0.2, 0.25) is 10.0 Å². The van der Waals surface area contributed by atoms with Crippen LogP contribution in [0.25, 0.3) is 6.08 Å². The Balaban J connectivity index is 1.56. The highest BCUT2D eigenvalue weighted by Gasteiger charge is 2.37. The van der Waals surface area contributed by atoms with Gasteiger partial charge in [0.1, 0.15) is 30.3 Å². The van der Waals surface area contributed by atoms with Gasteiger partial charge >= 0.3 is 6.03 Å². The van der Waals surface area contributed by atoms with Gasteiger partial charge in [0.25, 0.3) is 11.8 Å². The molecule has 0 unspecified atom stereocenters. The molecule has 1 saturated heterocycles. The summed E-state index contributed by atoms with van der Waals surface area (Å²) in [7, 11) is 0. The Bertz CT molecular complexity index is 1420. The lowest BCUT2D eigenvalue weighted by molar-refractivity contribution is -0.122. The maximum Gasteiger partial charge on any atom is 0.335 e. The molecule has 1 aliphatic heterocycles. The van der Waals surface area contributed by atoms with Crippen molar-refractivity contribution in [3.63, 3.8) is 0 Å². The van der Waals surface area contributed by atoms with Gasteiger partial charge in [-0.2, -0.15) is 0 Å². The molecule has 1 N–H and O–H groups in total. The van der Waals surface area contributed by atoms with Crippen molar-refractivity contribution < 1.29 is 23.9 Å². The first kappa shape index (κ1) is 26.5. The summed E-state index contributed by atoms with van der Waals surface area (Å²) in [6, 6.07) is 15.7. The molecule has 0 radical (unpaired) electrons. The number of imide groups is 2. The second-order valence-electron chi connectivity index (χ2n) is 7.76. The van der Waals surface area contributed by atoms with Gasteiger partial charge in [0.2, 0.25) is 0 Å². The summed E-state index contributed by atoms with van der Waals surface area (Å²) in [6.07, 6.45) is 2.96. The van der Waals surface area contributed by atoms with Gasteiger partial charge in [-0.15, -0.1) is 0 Å². The van der Waals surface area contributed by atoms with E-state index < -0.39 is 17.8 Å². The lowest BCUT2D eigenvalue weighted by Gasteiger charge is -2.26. The highest BCUT2D eigenvalue weighted by Crippen LogP contribution is 2.29. The van der Waals surface area contributed by atoms with Crippen LogP contribution in [-0.2, 0) is 16.2 Å². The van der Waals surface area contributed by atoms with Crippen LogP contribution in [0.4, 0.5) is 10.5 Å². The van der Waals surface area contributed by atoms with Crippen LogP contribution < -0.4 is 19.7 Å². The van der Waals surface area contributed by atoms with E-state index in [0.29, 0.717) is 27.1 Å². The summed E-state index contributed by atoms with van der Waals surface area (Å²) < 4.78 is 12.1. The molecule has 1 heterocycles. The number of ether oxygens (including phenoxy) is 2.